The maximum absolute atomic E-state index is 13.4. The van der Waals surface area contributed by atoms with E-state index in [-0.39, 0.29) is 11.6 Å². The zero-order valence-corrected chi connectivity index (χ0v) is 17.3. The molecule has 1 aliphatic heterocycles. The smallest absolute Gasteiger partial charge is 0.269 e. The van der Waals surface area contributed by atoms with E-state index in [1.165, 1.54) is 12.1 Å². The quantitative estimate of drug-likeness (QED) is 0.453. The first-order chi connectivity index (χ1) is 15.0. The topological polar surface area (TPSA) is 81.9 Å². The summed E-state index contributed by atoms with van der Waals surface area (Å²) in [6.45, 7) is 0.476. The Hall–Kier alpha value is -3.87. The van der Waals surface area contributed by atoms with Gasteiger partial charge in [-0.25, -0.2) is 0 Å². The number of rotatable bonds is 5. The lowest BCUT2D eigenvalue weighted by Crippen LogP contribution is -2.40. The number of nitrogens with zero attached hydrogens (tertiary/aromatic N) is 2. The van der Waals surface area contributed by atoms with Gasteiger partial charge in [0.15, 0.2) is 11.5 Å². The van der Waals surface area contributed by atoms with Gasteiger partial charge in [-0.15, -0.1) is 0 Å². The second-order valence-electron chi connectivity index (χ2n) is 7.28. The highest BCUT2D eigenvalue weighted by molar-refractivity contribution is 5.95. The maximum atomic E-state index is 13.4. The van der Waals surface area contributed by atoms with Gasteiger partial charge in [0.25, 0.3) is 11.6 Å². The summed E-state index contributed by atoms with van der Waals surface area (Å²) in [6, 6.07) is 18.8. The van der Waals surface area contributed by atoms with Gasteiger partial charge in [0, 0.05) is 24.2 Å². The fraction of sp³-hybridized carbons (Fsp3) is 0.208. The van der Waals surface area contributed by atoms with E-state index in [4.69, 9.17) is 9.47 Å². The predicted octanol–water partition coefficient (Wildman–Crippen LogP) is 4.40. The van der Waals surface area contributed by atoms with Crippen molar-refractivity contribution in [3.05, 3.63) is 99.1 Å². The van der Waals surface area contributed by atoms with Crippen LogP contribution in [0.4, 0.5) is 5.69 Å². The molecule has 0 saturated heterocycles. The number of methoxy groups -OCH3 is 2. The van der Waals surface area contributed by atoms with Gasteiger partial charge >= 0.3 is 0 Å². The van der Waals surface area contributed by atoms with Crippen molar-refractivity contribution in [1.82, 2.24) is 4.90 Å². The summed E-state index contributed by atoms with van der Waals surface area (Å²) in [5.74, 6) is 1.03. The second kappa shape index (κ2) is 8.47. The van der Waals surface area contributed by atoms with Gasteiger partial charge in [0.05, 0.1) is 25.2 Å². The first-order valence-electron chi connectivity index (χ1n) is 9.88. The minimum atomic E-state index is -0.490. The van der Waals surface area contributed by atoms with E-state index in [0.717, 1.165) is 11.1 Å². The van der Waals surface area contributed by atoms with Gasteiger partial charge in [-0.2, -0.15) is 0 Å². The minimum Gasteiger partial charge on any atom is -0.493 e. The molecule has 3 aromatic carbocycles. The number of carbonyl (C=O) groups is 1. The zero-order chi connectivity index (χ0) is 22.0. The van der Waals surface area contributed by atoms with Crippen molar-refractivity contribution in [2.24, 2.45) is 0 Å². The molecule has 7 nitrogen and oxygen atoms in total. The lowest BCUT2D eigenvalue weighted by Gasteiger charge is -2.38. The van der Waals surface area contributed by atoms with Crippen LogP contribution < -0.4 is 9.47 Å². The summed E-state index contributed by atoms with van der Waals surface area (Å²) in [4.78, 5) is 26.2. The summed E-state index contributed by atoms with van der Waals surface area (Å²) in [6.07, 6.45) is 0.639. The van der Waals surface area contributed by atoms with Gasteiger partial charge in [-0.3, -0.25) is 14.9 Å². The van der Waals surface area contributed by atoms with Crippen LogP contribution in [0, 0.1) is 10.1 Å². The molecule has 7 heteroatoms. The number of nitro groups is 1. The molecular formula is C24H22N2O5. The van der Waals surface area contributed by atoms with Crippen LogP contribution >= 0.6 is 0 Å². The van der Waals surface area contributed by atoms with Crippen molar-refractivity contribution in [2.45, 2.75) is 12.5 Å². The van der Waals surface area contributed by atoms with E-state index in [1.807, 2.05) is 36.4 Å². The maximum Gasteiger partial charge on any atom is 0.269 e. The van der Waals surface area contributed by atoms with Gasteiger partial charge in [-0.1, -0.05) is 30.3 Å². The first kappa shape index (κ1) is 20.4. The van der Waals surface area contributed by atoms with Gasteiger partial charge in [0.2, 0.25) is 0 Å². The standard InChI is InChI=1S/C24H22N2O5/c1-30-21-14-17-11-12-25(24(27)16-7-4-3-5-8-16)23(20(17)15-22(21)31-2)18-9-6-10-19(13-18)26(28)29/h3-10,13-15,23H,11-12H2,1-2H3. The van der Waals surface area contributed by atoms with E-state index in [9.17, 15) is 14.9 Å². The number of nitro benzene ring substituents is 1. The van der Waals surface area contributed by atoms with Crippen molar-refractivity contribution in [1.29, 1.82) is 0 Å². The van der Waals surface area contributed by atoms with Crippen LogP contribution in [-0.2, 0) is 6.42 Å². The number of benzene rings is 3. The molecule has 0 radical (unpaired) electrons. The molecule has 158 valence electrons. The van der Waals surface area contributed by atoms with E-state index in [1.54, 1.807) is 37.3 Å². The molecule has 1 aliphatic rings. The summed E-state index contributed by atoms with van der Waals surface area (Å²) in [5, 5.41) is 11.4. The molecule has 1 unspecified atom stereocenters. The molecule has 31 heavy (non-hydrogen) atoms. The Labute approximate surface area is 180 Å². The van der Waals surface area contributed by atoms with Gasteiger partial charge in [-0.05, 0) is 47.4 Å². The Morgan fingerprint density at radius 3 is 2.39 bits per heavy atom. The number of hydrogen-bond acceptors (Lipinski definition) is 5. The molecular weight excluding hydrogens is 396 g/mol. The first-order valence-corrected chi connectivity index (χ1v) is 9.88. The van der Waals surface area contributed by atoms with Crippen LogP contribution in [0.1, 0.15) is 33.1 Å². The molecule has 1 atom stereocenters. The predicted molar refractivity (Wildman–Crippen MR) is 116 cm³/mol. The second-order valence-corrected chi connectivity index (χ2v) is 7.28. The van der Waals surface area contributed by atoms with Gasteiger partial charge in [0.1, 0.15) is 0 Å². The third kappa shape index (κ3) is 3.82. The molecule has 3 aromatic rings. The van der Waals surface area contributed by atoms with Crippen LogP contribution in [0.15, 0.2) is 66.7 Å². The SMILES string of the molecule is COc1cc2c(cc1OC)C(c1cccc([N+](=O)[O-])c1)N(C(=O)c1ccccc1)CC2. The number of fused-ring (bicyclic) bond motifs is 1. The molecule has 0 fully saturated rings. The highest BCUT2D eigenvalue weighted by Gasteiger charge is 2.34. The van der Waals surface area contributed by atoms with Crippen molar-refractivity contribution >= 4 is 11.6 Å². The summed E-state index contributed by atoms with van der Waals surface area (Å²) >= 11 is 0. The van der Waals surface area contributed by atoms with Crippen LogP contribution in [0.3, 0.4) is 0 Å². The summed E-state index contributed by atoms with van der Waals surface area (Å²) in [7, 11) is 3.14. The Kier molecular flexibility index (Phi) is 5.58. The molecule has 0 aliphatic carbocycles. The van der Waals surface area contributed by atoms with Crippen LogP contribution in [0.25, 0.3) is 0 Å². The third-order valence-electron chi connectivity index (χ3n) is 5.55. The normalized spacial score (nSPS) is 15.2. The zero-order valence-electron chi connectivity index (χ0n) is 17.3. The van der Waals surface area contributed by atoms with E-state index >= 15 is 0 Å². The average molecular weight is 418 g/mol. The molecule has 4 rings (SSSR count). The summed E-state index contributed by atoms with van der Waals surface area (Å²) in [5.41, 5.74) is 3.12. The van der Waals surface area contributed by atoms with E-state index in [0.29, 0.717) is 35.6 Å². The Morgan fingerprint density at radius 1 is 1.00 bits per heavy atom. The number of amides is 1. The molecule has 0 aromatic heterocycles. The van der Waals surface area contributed by atoms with Crippen LogP contribution in [0.2, 0.25) is 0 Å². The molecule has 0 bridgehead atoms. The fourth-order valence-corrected chi connectivity index (χ4v) is 4.08. The van der Waals surface area contributed by atoms with Gasteiger partial charge < -0.3 is 14.4 Å². The lowest BCUT2D eigenvalue weighted by atomic mass is 9.87. The molecule has 1 amide bonds. The lowest BCUT2D eigenvalue weighted by molar-refractivity contribution is -0.384. The number of ether oxygens (including phenoxy) is 2. The van der Waals surface area contributed by atoms with E-state index < -0.39 is 11.0 Å². The minimum absolute atomic E-state index is 0.0165. The largest absolute Gasteiger partial charge is 0.493 e. The third-order valence-corrected chi connectivity index (χ3v) is 5.55. The summed E-state index contributed by atoms with van der Waals surface area (Å²) < 4.78 is 10.9. The van der Waals surface area contributed by atoms with Crippen LogP contribution in [0.5, 0.6) is 11.5 Å². The Morgan fingerprint density at radius 2 is 1.71 bits per heavy atom. The average Bonchev–Trinajstić information content (AvgIpc) is 2.82. The fourth-order valence-electron chi connectivity index (χ4n) is 4.08. The van der Waals surface area contributed by atoms with Crippen molar-refractivity contribution < 1.29 is 19.2 Å². The molecule has 1 heterocycles. The highest BCUT2D eigenvalue weighted by atomic mass is 16.6. The van der Waals surface area contributed by atoms with Crippen molar-refractivity contribution in [3.63, 3.8) is 0 Å². The molecule has 0 spiro atoms. The molecule has 0 N–H and O–H groups in total. The Balaban J connectivity index is 1.88. The highest BCUT2D eigenvalue weighted by Crippen LogP contribution is 2.42. The van der Waals surface area contributed by atoms with Crippen LogP contribution in [-0.4, -0.2) is 36.5 Å². The number of non-ortho nitro benzene ring substituents is 1. The van der Waals surface area contributed by atoms with E-state index in [2.05, 4.69) is 0 Å². The van der Waals surface area contributed by atoms with Crippen molar-refractivity contribution in [2.75, 3.05) is 20.8 Å². The Bertz CT molecular complexity index is 1130. The number of hydrogen-bond donors (Lipinski definition) is 0. The van der Waals surface area contributed by atoms with Crippen molar-refractivity contribution in [3.8, 4) is 11.5 Å². The monoisotopic (exact) mass is 418 g/mol. The number of carbonyl (C=O) groups excluding carboxylic acids is 1. The molecule has 0 saturated carbocycles.